The number of rotatable bonds is 13. The lowest BCUT2D eigenvalue weighted by Crippen LogP contribution is -2.13. The molecule has 1 saturated carbocycles. The summed E-state index contributed by atoms with van der Waals surface area (Å²) in [5.41, 5.74) is 6.47. The van der Waals surface area contributed by atoms with Gasteiger partial charge in [-0.3, -0.25) is 4.79 Å². The first-order valence-corrected chi connectivity index (χ1v) is 9.15. The summed E-state index contributed by atoms with van der Waals surface area (Å²) in [4.78, 5) is 11.2. The van der Waals surface area contributed by atoms with E-state index in [2.05, 4.69) is 20.4 Å². The molecule has 1 rings (SSSR count). The summed E-state index contributed by atoms with van der Waals surface area (Å²) in [5, 5.41) is 9.17. The molecule has 0 aliphatic heterocycles. The molecular weight excluding hydrogens is 302 g/mol. The molecule has 4 heteroatoms. The van der Waals surface area contributed by atoms with Crippen molar-refractivity contribution in [3.05, 3.63) is 36.3 Å². The Morgan fingerprint density at radius 3 is 2.42 bits per heavy atom. The Kier molecular flexibility index (Phi) is 9.28. The zero-order chi connectivity index (χ0) is 17.9. The second kappa shape index (κ2) is 11.0. The first-order valence-electron chi connectivity index (χ1n) is 9.15. The Hall–Kier alpha value is -1.71. The van der Waals surface area contributed by atoms with Crippen LogP contribution in [-0.4, -0.2) is 17.7 Å². The van der Waals surface area contributed by atoms with E-state index in [1.54, 1.807) is 6.08 Å². The van der Waals surface area contributed by atoms with Crippen molar-refractivity contribution in [2.45, 2.75) is 58.8 Å². The highest BCUT2D eigenvalue weighted by Gasteiger charge is 2.34. The van der Waals surface area contributed by atoms with Crippen LogP contribution in [-0.2, 0) is 9.53 Å². The van der Waals surface area contributed by atoms with Crippen molar-refractivity contribution in [2.75, 3.05) is 6.61 Å². The van der Waals surface area contributed by atoms with Gasteiger partial charge in [-0.2, -0.15) is 0 Å². The highest BCUT2D eigenvalue weighted by Crippen LogP contribution is 2.42. The van der Waals surface area contributed by atoms with Crippen LogP contribution in [0.5, 0.6) is 0 Å². The minimum absolute atomic E-state index is 0.00951. The van der Waals surface area contributed by atoms with Crippen molar-refractivity contribution in [1.29, 1.82) is 0 Å². The minimum Gasteiger partial charge on any atom is -0.494 e. The Morgan fingerprint density at radius 1 is 1.33 bits per heavy atom. The van der Waals surface area contributed by atoms with Crippen LogP contribution in [0.2, 0.25) is 0 Å². The largest absolute Gasteiger partial charge is 0.494 e. The number of ether oxygens (including phenoxy) is 1. The maximum atomic E-state index is 11.2. The zero-order valence-corrected chi connectivity index (χ0v) is 15.2. The molecule has 0 spiro atoms. The average Bonchev–Trinajstić information content (AvgIpc) is 3.35. The predicted octanol–water partition coefficient (Wildman–Crippen LogP) is 4.63. The predicted molar refractivity (Wildman–Crippen MR) is 98.3 cm³/mol. The molecule has 0 heterocycles. The van der Waals surface area contributed by atoms with Gasteiger partial charge in [-0.25, -0.2) is 0 Å². The normalized spacial score (nSPS) is 16.5. The van der Waals surface area contributed by atoms with Crippen LogP contribution in [0.25, 0.3) is 0 Å². The lowest BCUT2D eigenvalue weighted by molar-refractivity contribution is -0.137. The van der Waals surface area contributed by atoms with E-state index in [0.717, 1.165) is 44.1 Å². The van der Waals surface area contributed by atoms with Gasteiger partial charge in [0.15, 0.2) is 0 Å². The summed E-state index contributed by atoms with van der Waals surface area (Å²) in [6.07, 6.45) is 12.0. The zero-order valence-electron chi connectivity index (χ0n) is 15.2. The standard InChI is InChI=1S/C20H33NO3/c1-4-6-16(7-5-2)14-24-15(3)12-18(10-11-21)19(13-20(22)23)17-8-9-17/h10-12,16-17,19H,3-9,13-14,21H2,1-2H3,(H,22,23)/b11-10-,18-12+. The summed E-state index contributed by atoms with van der Waals surface area (Å²) in [5.74, 6) is 0.794. The van der Waals surface area contributed by atoms with Gasteiger partial charge in [0.1, 0.15) is 5.76 Å². The molecule has 1 fully saturated rings. The highest BCUT2D eigenvalue weighted by molar-refractivity contribution is 5.68. The molecule has 0 aromatic carbocycles. The third kappa shape index (κ3) is 7.71. The molecule has 24 heavy (non-hydrogen) atoms. The van der Waals surface area contributed by atoms with Crippen molar-refractivity contribution in [2.24, 2.45) is 23.5 Å². The molecule has 1 unspecified atom stereocenters. The lowest BCUT2D eigenvalue weighted by Gasteiger charge is -2.19. The minimum atomic E-state index is -0.777. The van der Waals surface area contributed by atoms with Crippen LogP contribution in [0.3, 0.4) is 0 Å². The Morgan fingerprint density at radius 2 is 1.96 bits per heavy atom. The molecular formula is C20H33NO3. The smallest absolute Gasteiger partial charge is 0.303 e. The molecule has 136 valence electrons. The van der Waals surface area contributed by atoms with Crippen LogP contribution >= 0.6 is 0 Å². The number of carbonyl (C=O) groups is 1. The van der Waals surface area contributed by atoms with Crippen molar-refractivity contribution in [3.63, 3.8) is 0 Å². The molecule has 0 aromatic rings. The molecule has 0 amide bonds. The average molecular weight is 335 g/mol. The fourth-order valence-corrected chi connectivity index (χ4v) is 3.21. The molecule has 0 bridgehead atoms. The molecule has 1 aliphatic carbocycles. The van der Waals surface area contributed by atoms with Crippen LogP contribution in [0, 0.1) is 17.8 Å². The molecule has 0 saturated heterocycles. The Balaban J connectivity index is 2.71. The van der Waals surface area contributed by atoms with Gasteiger partial charge in [0.05, 0.1) is 13.0 Å². The van der Waals surface area contributed by atoms with E-state index in [0.29, 0.717) is 24.2 Å². The van der Waals surface area contributed by atoms with Gasteiger partial charge in [0.25, 0.3) is 0 Å². The molecule has 4 nitrogen and oxygen atoms in total. The SMILES string of the molecule is C=C(/C=C(\C=C/N)C(CC(=O)O)C1CC1)OCC(CCC)CCC. The van der Waals surface area contributed by atoms with E-state index >= 15 is 0 Å². The van der Waals surface area contributed by atoms with Gasteiger partial charge in [0.2, 0.25) is 0 Å². The van der Waals surface area contributed by atoms with E-state index in [1.165, 1.54) is 6.20 Å². The second-order valence-electron chi connectivity index (χ2n) is 6.77. The summed E-state index contributed by atoms with van der Waals surface area (Å²) in [6.45, 7) is 9.04. The Labute approximate surface area is 146 Å². The van der Waals surface area contributed by atoms with Crippen molar-refractivity contribution in [1.82, 2.24) is 0 Å². The number of hydrogen-bond acceptors (Lipinski definition) is 3. The maximum Gasteiger partial charge on any atom is 0.303 e. The van der Waals surface area contributed by atoms with Gasteiger partial charge in [-0.1, -0.05) is 33.3 Å². The molecule has 0 radical (unpaired) electrons. The van der Waals surface area contributed by atoms with Gasteiger partial charge >= 0.3 is 5.97 Å². The highest BCUT2D eigenvalue weighted by atomic mass is 16.5. The van der Waals surface area contributed by atoms with Crippen LogP contribution in [0.15, 0.2) is 36.3 Å². The van der Waals surface area contributed by atoms with Crippen LogP contribution in [0.1, 0.15) is 58.8 Å². The Bertz CT molecular complexity index is 458. The van der Waals surface area contributed by atoms with E-state index in [4.69, 9.17) is 15.6 Å². The van der Waals surface area contributed by atoms with Crippen LogP contribution in [0.4, 0.5) is 0 Å². The van der Waals surface area contributed by atoms with Gasteiger partial charge in [0, 0.05) is 0 Å². The third-order valence-corrected chi connectivity index (χ3v) is 4.53. The topological polar surface area (TPSA) is 72.6 Å². The van der Waals surface area contributed by atoms with Crippen molar-refractivity contribution >= 4 is 5.97 Å². The monoisotopic (exact) mass is 335 g/mol. The maximum absolute atomic E-state index is 11.2. The second-order valence-corrected chi connectivity index (χ2v) is 6.77. The summed E-state index contributed by atoms with van der Waals surface area (Å²) in [6, 6.07) is 0. The number of carboxylic acid groups (broad SMARTS) is 1. The van der Waals surface area contributed by atoms with E-state index in [9.17, 15) is 4.79 Å². The number of aliphatic carboxylic acids is 1. The molecule has 1 aliphatic rings. The van der Waals surface area contributed by atoms with E-state index < -0.39 is 5.97 Å². The summed E-state index contributed by atoms with van der Waals surface area (Å²) >= 11 is 0. The summed E-state index contributed by atoms with van der Waals surface area (Å²) in [7, 11) is 0. The van der Waals surface area contributed by atoms with Gasteiger partial charge < -0.3 is 15.6 Å². The van der Waals surface area contributed by atoms with E-state index in [-0.39, 0.29) is 12.3 Å². The number of allylic oxidation sites excluding steroid dienone is 3. The third-order valence-electron chi connectivity index (χ3n) is 4.53. The number of nitrogens with two attached hydrogens (primary N) is 1. The first-order chi connectivity index (χ1) is 11.5. The fraction of sp³-hybridized carbons (Fsp3) is 0.650. The molecule has 3 N–H and O–H groups in total. The molecule has 0 aromatic heterocycles. The van der Waals surface area contributed by atoms with Crippen molar-refractivity contribution in [3.8, 4) is 0 Å². The number of hydrogen-bond donors (Lipinski definition) is 2. The summed E-state index contributed by atoms with van der Waals surface area (Å²) < 4.78 is 5.85. The van der Waals surface area contributed by atoms with Crippen molar-refractivity contribution < 1.29 is 14.6 Å². The molecule has 1 atom stereocenters. The van der Waals surface area contributed by atoms with Gasteiger partial charge in [-0.05, 0) is 67.4 Å². The van der Waals surface area contributed by atoms with Crippen LogP contribution < -0.4 is 5.73 Å². The fourth-order valence-electron chi connectivity index (χ4n) is 3.21. The quantitative estimate of drug-likeness (QED) is 0.380. The first kappa shape index (κ1) is 20.3. The van der Waals surface area contributed by atoms with E-state index in [1.807, 2.05) is 6.08 Å². The number of carboxylic acids is 1. The van der Waals surface area contributed by atoms with Gasteiger partial charge in [-0.15, -0.1) is 0 Å². The lowest BCUT2D eigenvalue weighted by atomic mass is 9.90.